The third kappa shape index (κ3) is 6.78. The van der Waals surface area contributed by atoms with Crippen LogP contribution >= 0.6 is 11.3 Å². The fraction of sp³-hybridized carbons (Fsp3) is 0.135. The third-order valence-electron chi connectivity index (χ3n) is 7.61. The lowest BCUT2D eigenvalue weighted by Gasteiger charge is -2.25. The summed E-state index contributed by atoms with van der Waals surface area (Å²) in [6.07, 6.45) is 1.77. The molecule has 2 N–H and O–H groups in total. The first-order valence-electron chi connectivity index (χ1n) is 15.0. The first kappa shape index (κ1) is 31.3. The maximum atomic E-state index is 14.2. The molecule has 236 valence electrons. The van der Waals surface area contributed by atoms with Crippen molar-refractivity contribution in [1.82, 2.24) is 4.57 Å². The van der Waals surface area contributed by atoms with E-state index in [1.54, 1.807) is 41.8 Å². The van der Waals surface area contributed by atoms with Gasteiger partial charge in [-0.2, -0.15) is 0 Å². The molecule has 1 amide bonds. The number of fused-ring (bicyclic) bond motifs is 1. The fourth-order valence-corrected chi connectivity index (χ4v) is 6.37. The second-order valence-electron chi connectivity index (χ2n) is 10.7. The van der Waals surface area contributed by atoms with E-state index in [1.165, 1.54) is 23.5 Å². The number of aromatic nitrogens is 1. The van der Waals surface area contributed by atoms with Gasteiger partial charge in [0.15, 0.2) is 4.80 Å². The number of nitrogens with one attached hydrogen (secondary N) is 1. The molecule has 0 saturated heterocycles. The Bertz CT molecular complexity index is 2150. The number of thiazole rings is 1. The quantitative estimate of drug-likeness (QED) is 0.206. The van der Waals surface area contributed by atoms with E-state index < -0.39 is 12.0 Å². The molecule has 0 bridgehead atoms. The number of carbonyl (C=O) groups excluding carboxylic acids is 1. The molecule has 0 radical (unpaired) electrons. The smallest absolute Gasteiger partial charge is 0.335 e. The number of aromatic carboxylic acids is 1. The summed E-state index contributed by atoms with van der Waals surface area (Å²) in [5.74, 6) is -0.0918. The highest BCUT2D eigenvalue weighted by atomic mass is 32.1. The molecule has 1 atom stereocenters. The summed E-state index contributed by atoms with van der Waals surface area (Å²) in [6.45, 7) is 4.42. The predicted molar refractivity (Wildman–Crippen MR) is 181 cm³/mol. The van der Waals surface area contributed by atoms with Crippen LogP contribution in [-0.2, 0) is 11.4 Å². The van der Waals surface area contributed by atoms with Crippen LogP contribution in [0.4, 0.5) is 5.69 Å². The van der Waals surface area contributed by atoms with Crippen LogP contribution in [0.3, 0.4) is 0 Å². The lowest BCUT2D eigenvalue weighted by molar-refractivity contribution is -0.113. The summed E-state index contributed by atoms with van der Waals surface area (Å²) in [4.78, 5) is 44.4. The van der Waals surface area contributed by atoms with Crippen LogP contribution in [0.15, 0.2) is 124 Å². The highest BCUT2D eigenvalue weighted by Crippen LogP contribution is 2.32. The summed E-state index contributed by atoms with van der Waals surface area (Å²) < 4.78 is 13.8. The van der Waals surface area contributed by atoms with Crippen molar-refractivity contribution in [3.05, 3.63) is 156 Å². The van der Waals surface area contributed by atoms with Crippen LogP contribution in [0.25, 0.3) is 6.08 Å². The highest BCUT2D eigenvalue weighted by molar-refractivity contribution is 7.07. The molecule has 0 spiro atoms. The second kappa shape index (κ2) is 13.7. The van der Waals surface area contributed by atoms with E-state index in [1.807, 2.05) is 73.7 Å². The van der Waals surface area contributed by atoms with E-state index >= 15 is 0 Å². The van der Waals surface area contributed by atoms with Crippen molar-refractivity contribution < 1.29 is 24.2 Å². The van der Waals surface area contributed by atoms with Gasteiger partial charge in [-0.05, 0) is 73.5 Å². The molecule has 6 rings (SSSR count). The number of rotatable bonds is 10. The van der Waals surface area contributed by atoms with Crippen LogP contribution in [-0.4, -0.2) is 28.2 Å². The molecule has 0 saturated carbocycles. The Labute approximate surface area is 274 Å². The maximum Gasteiger partial charge on any atom is 0.335 e. The van der Waals surface area contributed by atoms with Gasteiger partial charge in [0.25, 0.3) is 11.5 Å². The molecule has 47 heavy (non-hydrogen) atoms. The zero-order valence-corrected chi connectivity index (χ0v) is 26.5. The SMILES string of the molecule is CCOc1ccc([C@H]2C(C(=O)Nc3ccccc3)=C(C)N=c3s/c(=C\c4ccccc4OCc4ccc(C(=O)O)cc4)c(=O)n32)cc1. The average Bonchev–Trinajstić information content (AvgIpc) is 3.38. The average molecular weight is 646 g/mol. The normalized spacial score (nSPS) is 14.3. The van der Waals surface area contributed by atoms with Crippen LogP contribution < -0.4 is 29.7 Å². The number of carbonyl (C=O) groups is 2. The van der Waals surface area contributed by atoms with Crippen LogP contribution in [0.5, 0.6) is 11.5 Å². The Morgan fingerprint density at radius 3 is 2.34 bits per heavy atom. The van der Waals surface area contributed by atoms with Gasteiger partial charge in [-0.3, -0.25) is 14.2 Å². The molecule has 0 unspecified atom stereocenters. The minimum Gasteiger partial charge on any atom is -0.494 e. The number of amides is 1. The Balaban J connectivity index is 1.39. The number of carboxylic acid groups (broad SMARTS) is 1. The maximum absolute atomic E-state index is 14.2. The van der Waals surface area contributed by atoms with Crippen molar-refractivity contribution in [2.75, 3.05) is 11.9 Å². The zero-order valence-electron chi connectivity index (χ0n) is 25.7. The van der Waals surface area contributed by atoms with Crippen molar-refractivity contribution in [3.8, 4) is 11.5 Å². The number of hydrogen-bond donors (Lipinski definition) is 2. The summed E-state index contributed by atoms with van der Waals surface area (Å²) in [7, 11) is 0. The lowest BCUT2D eigenvalue weighted by Crippen LogP contribution is -2.40. The Kier molecular flexibility index (Phi) is 9.12. The molecule has 2 heterocycles. The Morgan fingerprint density at radius 1 is 0.936 bits per heavy atom. The van der Waals surface area contributed by atoms with Gasteiger partial charge in [0.1, 0.15) is 18.1 Å². The fourth-order valence-electron chi connectivity index (χ4n) is 5.34. The molecule has 10 heteroatoms. The van der Waals surface area contributed by atoms with E-state index in [4.69, 9.17) is 14.5 Å². The van der Waals surface area contributed by atoms with Gasteiger partial charge in [0, 0.05) is 11.3 Å². The van der Waals surface area contributed by atoms with Crippen molar-refractivity contribution in [2.24, 2.45) is 4.99 Å². The van der Waals surface area contributed by atoms with Crippen LogP contribution in [0.2, 0.25) is 0 Å². The number of allylic oxidation sites excluding steroid dienone is 1. The number of nitrogens with zero attached hydrogens (tertiary/aromatic N) is 2. The predicted octanol–water partition coefficient (Wildman–Crippen LogP) is 5.55. The van der Waals surface area contributed by atoms with Crippen molar-refractivity contribution in [2.45, 2.75) is 26.5 Å². The van der Waals surface area contributed by atoms with Gasteiger partial charge in [0.2, 0.25) is 0 Å². The monoisotopic (exact) mass is 645 g/mol. The van der Waals surface area contributed by atoms with Crippen molar-refractivity contribution in [1.29, 1.82) is 0 Å². The van der Waals surface area contributed by atoms with Crippen LogP contribution in [0.1, 0.15) is 46.9 Å². The summed E-state index contributed by atoms with van der Waals surface area (Å²) in [5, 5.41) is 12.1. The molecule has 5 aromatic rings. The van der Waals surface area contributed by atoms with Gasteiger partial charge >= 0.3 is 5.97 Å². The Morgan fingerprint density at radius 2 is 1.64 bits per heavy atom. The number of carboxylic acids is 1. The topological polar surface area (TPSA) is 119 Å². The van der Waals surface area contributed by atoms with Crippen molar-refractivity contribution >= 4 is 35.0 Å². The lowest BCUT2D eigenvalue weighted by atomic mass is 9.95. The van der Waals surface area contributed by atoms with Crippen molar-refractivity contribution in [3.63, 3.8) is 0 Å². The number of ether oxygens (including phenoxy) is 2. The van der Waals surface area contributed by atoms with Crippen LogP contribution in [0, 0.1) is 0 Å². The van der Waals surface area contributed by atoms with E-state index in [2.05, 4.69) is 5.32 Å². The molecular formula is C37H31N3O6S. The third-order valence-corrected chi connectivity index (χ3v) is 8.59. The highest BCUT2D eigenvalue weighted by Gasteiger charge is 2.32. The first-order valence-corrected chi connectivity index (χ1v) is 15.8. The summed E-state index contributed by atoms with van der Waals surface area (Å²) >= 11 is 1.24. The molecule has 9 nitrogen and oxygen atoms in total. The molecule has 1 aliphatic rings. The molecule has 4 aromatic carbocycles. The molecule has 1 aromatic heterocycles. The van der Waals surface area contributed by atoms with E-state index in [9.17, 15) is 19.5 Å². The number of anilines is 1. The largest absolute Gasteiger partial charge is 0.494 e. The van der Waals surface area contributed by atoms with E-state index in [0.29, 0.717) is 50.0 Å². The van der Waals surface area contributed by atoms with Gasteiger partial charge < -0.3 is 19.9 Å². The second-order valence-corrected chi connectivity index (χ2v) is 11.7. The summed E-state index contributed by atoms with van der Waals surface area (Å²) in [6, 6.07) is 29.7. The number of para-hydroxylation sites is 2. The minimum absolute atomic E-state index is 0.198. The molecule has 0 fully saturated rings. The van der Waals surface area contributed by atoms with Gasteiger partial charge in [-0.1, -0.05) is 72.0 Å². The number of hydrogen-bond acceptors (Lipinski definition) is 7. The number of benzene rings is 4. The zero-order chi connectivity index (χ0) is 32.9. The molecule has 1 aliphatic heterocycles. The minimum atomic E-state index is -0.992. The van der Waals surface area contributed by atoms with E-state index in [-0.39, 0.29) is 23.6 Å². The van der Waals surface area contributed by atoms with Gasteiger partial charge in [-0.25, -0.2) is 9.79 Å². The molecular weight excluding hydrogens is 614 g/mol. The van der Waals surface area contributed by atoms with Gasteiger partial charge in [-0.15, -0.1) is 0 Å². The summed E-state index contributed by atoms with van der Waals surface area (Å²) in [5.41, 5.74) is 3.67. The van der Waals surface area contributed by atoms with Gasteiger partial charge in [0.05, 0.1) is 34.0 Å². The molecule has 0 aliphatic carbocycles. The first-order chi connectivity index (χ1) is 22.8. The van der Waals surface area contributed by atoms with E-state index in [0.717, 1.165) is 11.1 Å². The Hall–Kier alpha value is -5.74. The standard InChI is InChI=1S/C37H31N3O6S/c1-3-45-29-19-17-25(18-20-29)33-32(34(41)39-28-10-5-4-6-11-28)23(2)38-37-40(33)35(42)31(47-37)21-27-9-7-8-12-30(27)46-22-24-13-15-26(16-14-24)36(43)44/h4-21,33H,3,22H2,1-2H3,(H,39,41)(H,43,44)/b31-21-/t33-/m0/s1.